The summed E-state index contributed by atoms with van der Waals surface area (Å²) in [7, 11) is 0. The summed E-state index contributed by atoms with van der Waals surface area (Å²) in [6, 6.07) is 14.4. The fraction of sp³-hybridized carbons (Fsp3) is 0.188. The predicted molar refractivity (Wildman–Crippen MR) is 79.5 cm³/mol. The maximum absolute atomic E-state index is 5.71. The molecular formula is C16H15NOS. The van der Waals surface area contributed by atoms with Crippen molar-refractivity contribution in [3.05, 3.63) is 59.2 Å². The van der Waals surface area contributed by atoms with Crippen LogP contribution in [0.4, 0.5) is 0 Å². The quantitative estimate of drug-likeness (QED) is 0.642. The van der Waals surface area contributed by atoms with E-state index in [1.54, 1.807) is 11.8 Å². The summed E-state index contributed by atoms with van der Waals surface area (Å²) in [4.78, 5) is 4.47. The van der Waals surface area contributed by atoms with E-state index in [9.17, 15) is 0 Å². The summed E-state index contributed by atoms with van der Waals surface area (Å²) in [5, 5.41) is 0.737. The fourth-order valence-electron chi connectivity index (χ4n) is 2.06. The molecule has 1 heterocycles. The molecule has 3 aromatic rings. The van der Waals surface area contributed by atoms with Gasteiger partial charge in [-0.3, -0.25) is 0 Å². The third kappa shape index (κ3) is 2.66. The summed E-state index contributed by atoms with van der Waals surface area (Å²) in [5.74, 6) is 0.888. The van der Waals surface area contributed by atoms with Crippen LogP contribution in [0.1, 0.15) is 16.7 Å². The van der Waals surface area contributed by atoms with Crippen LogP contribution in [0.2, 0.25) is 0 Å². The van der Waals surface area contributed by atoms with Crippen molar-refractivity contribution in [2.24, 2.45) is 0 Å². The van der Waals surface area contributed by atoms with Crippen LogP contribution >= 0.6 is 11.8 Å². The second-order valence-corrected chi connectivity index (χ2v) is 5.59. The van der Waals surface area contributed by atoms with Crippen molar-refractivity contribution in [1.82, 2.24) is 4.98 Å². The molecule has 0 spiro atoms. The van der Waals surface area contributed by atoms with E-state index in [1.807, 2.05) is 24.3 Å². The van der Waals surface area contributed by atoms with Gasteiger partial charge >= 0.3 is 0 Å². The Morgan fingerprint density at radius 2 is 1.95 bits per heavy atom. The third-order valence-corrected chi connectivity index (χ3v) is 4.00. The molecule has 0 bridgehead atoms. The van der Waals surface area contributed by atoms with Crippen molar-refractivity contribution < 1.29 is 4.42 Å². The normalized spacial score (nSPS) is 11.1. The number of aryl methyl sites for hydroxylation is 2. The van der Waals surface area contributed by atoms with Gasteiger partial charge < -0.3 is 4.42 Å². The van der Waals surface area contributed by atoms with E-state index < -0.39 is 0 Å². The summed E-state index contributed by atoms with van der Waals surface area (Å²) in [5.41, 5.74) is 5.73. The Labute approximate surface area is 116 Å². The molecule has 2 nitrogen and oxygen atoms in total. The van der Waals surface area contributed by atoms with Gasteiger partial charge in [0.2, 0.25) is 0 Å². The number of aromatic nitrogens is 1. The second kappa shape index (κ2) is 5.10. The van der Waals surface area contributed by atoms with Crippen LogP contribution in [-0.4, -0.2) is 4.98 Å². The fourth-order valence-corrected chi connectivity index (χ4v) is 2.97. The number of hydrogen-bond acceptors (Lipinski definition) is 3. The molecule has 0 fully saturated rings. The van der Waals surface area contributed by atoms with E-state index in [0.29, 0.717) is 0 Å². The summed E-state index contributed by atoms with van der Waals surface area (Å²) in [6.45, 7) is 4.26. The number of nitrogens with zero attached hydrogens (tertiary/aromatic N) is 1. The first-order chi connectivity index (χ1) is 9.22. The molecule has 3 rings (SSSR count). The highest BCUT2D eigenvalue weighted by Gasteiger charge is 2.07. The van der Waals surface area contributed by atoms with Crippen LogP contribution in [0.15, 0.2) is 52.1 Å². The molecule has 0 aliphatic heterocycles. The molecule has 1 aromatic heterocycles. The van der Waals surface area contributed by atoms with Gasteiger partial charge in [0.25, 0.3) is 5.22 Å². The highest BCUT2D eigenvalue weighted by Crippen LogP contribution is 2.27. The number of hydrogen-bond donors (Lipinski definition) is 0. The van der Waals surface area contributed by atoms with Gasteiger partial charge in [-0.25, -0.2) is 4.98 Å². The standard InChI is InChI=1S/C16H15NOS/c1-11-7-8-13(12(2)9-11)10-19-16-17-14-5-3-4-6-15(14)18-16/h3-9H,10H2,1-2H3. The van der Waals surface area contributed by atoms with Crippen molar-refractivity contribution in [3.8, 4) is 0 Å². The molecule has 0 saturated heterocycles. The number of fused-ring (bicyclic) bond motifs is 1. The minimum absolute atomic E-state index is 0.737. The number of rotatable bonds is 3. The molecule has 0 saturated carbocycles. The summed E-state index contributed by atoms with van der Waals surface area (Å²) < 4.78 is 5.71. The van der Waals surface area contributed by atoms with Gasteiger partial charge in [0, 0.05) is 5.75 Å². The molecule has 0 aliphatic rings. The lowest BCUT2D eigenvalue weighted by Crippen LogP contribution is -1.87. The molecule has 3 heteroatoms. The highest BCUT2D eigenvalue weighted by atomic mass is 32.2. The number of benzene rings is 2. The number of thioether (sulfide) groups is 1. The second-order valence-electron chi connectivity index (χ2n) is 4.67. The first-order valence-electron chi connectivity index (χ1n) is 6.27. The molecule has 96 valence electrons. The van der Waals surface area contributed by atoms with Crippen molar-refractivity contribution in [3.63, 3.8) is 0 Å². The summed E-state index contributed by atoms with van der Waals surface area (Å²) in [6.07, 6.45) is 0. The largest absolute Gasteiger partial charge is 0.431 e. The van der Waals surface area contributed by atoms with E-state index in [2.05, 4.69) is 37.0 Å². The average Bonchev–Trinajstić information content (AvgIpc) is 2.80. The number of oxazole rings is 1. The van der Waals surface area contributed by atoms with E-state index in [4.69, 9.17) is 4.42 Å². The first kappa shape index (κ1) is 12.3. The SMILES string of the molecule is Cc1ccc(CSc2nc3ccccc3o2)c(C)c1. The maximum Gasteiger partial charge on any atom is 0.257 e. The van der Waals surface area contributed by atoms with Gasteiger partial charge in [-0.1, -0.05) is 47.7 Å². The summed E-state index contributed by atoms with van der Waals surface area (Å²) >= 11 is 1.64. The molecule has 0 amide bonds. The lowest BCUT2D eigenvalue weighted by atomic mass is 10.1. The van der Waals surface area contributed by atoms with Crippen LogP contribution in [0, 0.1) is 13.8 Å². The third-order valence-electron chi connectivity index (χ3n) is 3.12. The van der Waals surface area contributed by atoms with Crippen LogP contribution in [0.5, 0.6) is 0 Å². The molecule has 0 N–H and O–H groups in total. The molecule has 19 heavy (non-hydrogen) atoms. The van der Waals surface area contributed by atoms with Gasteiger partial charge in [-0.05, 0) is 37.1 Å². The topological polar surface area (TPSA) is 26.0 Å². The monoisotopic (exact) mass is 269 g/mol. The molecular weight excluding hydrogens is 254 g/mol. The molecule has 0 radical (unpaired) electrons. The maximum atomic E-state index is 5.71. The van der Waals surface area contributed by atoms with Gasteiger partial charge in [-0.2, -0.15) is 0 Å². The minimum atomic E-state index is 0.737. The van der Waals surface area contributed by atoms with E-state index in [1.165, 1.54) is 16.7 Å². The Morgan fingerprint density at radius 3 is 2.74 bits per heavy atom. The Hall–Kier alpha value is -1.74. The average molecular weight is 269 g/mol. The first-order valence-corrected chi connectivity index (χ1v) is 7.25. The van der Waals surface area contributed by atoms with Crippen molar-refractivity contribution in [2.75, 3.05) is 0 Å². The highest BCUT2D eigenvalue weighted by molar-refractivity contribution is 7.98. The molecule has 0 unspecified atom stereocenters. The van der Waals surface area contributed by atoms with Crippen molar-refractivity contribution in [2.45, 2.75) is 24.8 Å². The van der Waals surface area contributed by atoms with E-state index in [-0.39, 0.29) is 0 Å². The van der Waals surface area contributed by atoms with E-state index in [0.717, 1.165) is 22.1 Å². The zero-order chi connectivity index (χ0) is 13.2. The lowest BCUT2D eigenvalue weighted by Gasteiger charge is -2.04. The Morgan fingerprint density at radius 1 is 1.11 bits per heavy atom. The lowest BCUT2D eigenvalue weighted by molar-refractivity contribution is 0.489. The zero-order valence-corrected chi connectivity index (χ0v) is 11.8. The van der Waals surface area contributed by atoms with Crippen molar-refractivity contribution in [1.29, 1.82) is 0 Å². The van der Waals surface area contributed by atoms with Gasteiger partial charge in [-0.15, -0.1) is 0 Å². The zero-order valence-electron chi connectivity index (χ0n) is 11.0. The van der Waals surface area contributed by atoms with Gasteiger partial charge in [0.15, 0.2) is 5.58 Å². The molecule has 2 aromatic carbocycles. The van der Waals surface area contributed by atoms with Crippen LogP contribution in [0.25, 0.3) is 11.1 Å². The Balaban J connectivity index is 1.78. The van der Waals surface area contributed by atoms with Crippen LogP contribution in [0.3, 0.4) is 0 Å². The predicted octanol–water partition coefficient (Wildman–Crippen LogP) is 4.74. The molecule has 0 aliphatic carbocycles. The van der Waals surface area contributed by atoms with Gasteiger partial charge in [0.05, 0.1) is 0 Å². The Bertz CT molecular complexity index is 685. The Kier molecular flexibility index (Phi) is 3.30. The minimum Gasteiger partial charge on any atom is -0.431 e. The van der Waals surface area contributed by atoms with Gasteiger partial charge in [0.1, 0.15) is 5.52 Å². The van der Waals surface area contributed by atoms with Crippen molar-refractivity contribution >= 4 is 22.9 Å². The van der Waals surface area contributed by atoms with Crippen LogP contribution in [-0.2, 0) is 5.75 Å². The van der Waals surface area contributed by atoms with Crippen LogP contribution < -0.4 is 0 Å². The van der Waals surface area contributed by atoms with E-state index >= 15 is 0 Å². The smallest absolute Gasteiger partial charge is 0.257 e. The number of para-hydroxylation sites is 2. The molecule has 0 atom stereocenters.